The summed E-state index contributed by atoms with van der Waals surface area (Å²) in [5, 5.41) is 9.34. The zero-order valence-corrected chi connectivity index (χ0v) is 10.1. The molecule has 0 bridgehead atoms. The van der Waals surface area contributed by atoms with Crippen LogP contribution in [-0.4, -0.2) is 38.9 Å². The molecule has 1 fully saturated rings. The van der Waals surface area contributed by atoms with Crippen molar-refractivity contribution in [3.05, 3.63) is 24.0 Å². The quantitative estimate of drug-likeness (QED) is 0.827. The summed E-state index contributed by atoms with van der Waals surface area (Å²) in [6.45, 7) is 3.34. The summed E-state index contributed by atoms with van der Waals surface area (Å²) in [6.07, 6.45) is 1.25. The Morgan fingerprint density at radius 1 is 1.44 bits per heavy atom. The predicted molar refractivity (Wildman–Crippen MR) is 65.0 cm³/mol. The molecular formula is C11H16N2O2S. The van der Waals surface area contributed by atoms with Crippen LogP contribution in [0.3, 0.4) is 0 Å². The minimum absolute atomic E-state index is 0.525. The number of nitrogens with zero attached hydrogens (tertiary/aromatic N) is 2. The Morgan fingerprint density at radius 2 is 2.12 bits per heavy atom. The summed E-state index contributed by atoms with van der Waals surface area (Å²) in [4.78, 5) is 6.39. The van der Waals surface area contributed by atoms with Crippen molar-refractivity contribution in [1.29, 1.82) is 0 Å². The van der Waals surface area contributed by atoms with Crippen LogP contribution in [0.25, 0.3) is 0 Å². The lowest BCUT2D eigenvalue weighted by Crippen LogP contribution is -2.37. The van der Waals surface area contributed by atoms with Gasteiger partial charge in [-0.25, -0.2) is 0 Å². The van der Waals surface area contributed by atoms with E-state index in [4.69, 9.17) is 0 Å². The van der Waals surface area contributed by atoms with Gasteiger partial charge in [0.05, 0.1) is 23.7 Å². The summed E-state index contributed by atoms with van der Waals surface area (Å²) in [6, 6.07) is 3.80. The molecule has 0 unspecified atom stereocenters. The fourth-order valence-electron chi connectivity index (χ4n) is 1.73. The predicted octanol–water partition coefficient (Wildman–Crippen LogP) is 0.704. The van der Waals surface area contributed by atoms with Crippen molar-refractivity contribution in [2.45, 2.75) is 13.0 Å². The number of aliphatic hydroxyl groups is 1. The smallest absolute Gasteiger partial charge is 0.0931 e. The monoisotopic (exact) mass is 240 g/mol. The Balaban J connectivity index is 2.07. The molecule has 88 valence electrons. The number of hydrogen-bond acceptors (Lipinski definition) is 4. The van der Waals surface area contributed by atoms with Gasteiger partial charge in [-0.15, -0.1) is 0 Å². The van der Waals surface area contributed by atoms with Gasteiger partial charge < -0.3 is 10.0 Å². The molecule has 1 aromatic rings. The molecule has 16 heavy (non-hydrogen) atoms. The van der Waals surface area contributed by atoms with Gasteiger partial charge in [0.15, 0.2) is 0 Å². The van der Waals surface area contributed by atoms with Crippen LogP contribution in [0.2, 0.25) is 0 Å². The average Bonchev–Trinajstić information content (AvgIpc) is 2.30. The molecule has 1 atom stereocenters. The molecule has 1 aliphatic heterocycles. The molecule has 1 aromatic heterocycles. The highest BCUT2D eigenvalue weighted by Crippen LogP contribution is 2.17. The van der Waals surface area contributed by atoms with Gasteiger partial charge in [0, 0.05) is 35.4 Å². The zero-order valence-electron chi connectivity index (χ0n) is 9.30. The summed E-state index contributed by atoms with van der Waals surface area (Å²) < 4.78 is 11.2. The lowest BCUT2D eigenvalue weighted by Gasteiger charge is -2.28. The number of rotatable bonds is 2. The number of aromatic nitrogens is 1. The largest absolute Gasteiger partial charge is 0.387 e. The maximum Gasteiger partial charge on any atom is 0.0931 e. The maximum absolute atomic E-state index is 11.2. The lowest BCUT2D eigenvalue weighted by molar-refractivity contribution is 0.194. The summed E-state index contributed by atoms with van der Waals surface area (Å²) in [5.74, 6) is 1.47. The third kappa shape index (κ3) is 2.59. The van der Waals surface area contributed by atoms with Crippen LogP contribution in [-0.2, 0) is 10.8 Å². The van der Waals surface area contributed by atoms with E-state index in [-0.39, 0.29) is 0 Å². The van der Waals surface area contributed by atoms with Crippen LogP contribution >= 0.6 is 0 Å². The van der Waals surface area contributed by atoms with E-state index in [2.05, 4.69) is 9.88 Å². The van der Waals surface area contributed by atoms with Gasteiger partial charge in [-0.3, -0.25) is 9.19 Å². The maximum atomic E-state index is 11.2. The Hall–Kier alpha value is -0.940. The first kappa shape index (κ1) is 11.5. The van der Waals surface area contributed by atoms with E-state index < -0.39 is 16.9 Å². The van der Waals surface area contributed by atoms with E-state index in [0.29, 0.717) is 5.69 Å². The second kappa shape index (κ2) is 4.93. The fourth-order valence-corrected chi connectivity index (χ4v) is 2.78. The number of anilines is 1. The standard InChI is InChI=1S/C11H16N2O2S/c1-9(14)11-3-2-10(8-12-11)13-4-6-16(15)7-5-13/h2-3,8-9,14H,4-7H2,1H3/t9-/m1/s1. The van der Waals surface area contributed by atoms with Crippen molar-refractivity contribution in [2.24, 2.45) is 0 Å². The van der Waals surface area contributed by atoms with Crippen LogP contribution in [0.5, 0.6) is 0 Å². The van der Waals surface area contributed by atoms with Crippen molar-refractivity contribution >= 4 is 16.5 Å². The highest BCUT2D eigenvalue weighted by molar-refractivity contribution is 7.85. The van der Waals surface area contributed by atoms with Crippen molar-refractivity contribution in [2.75, 3.05) is 29.5 Å². The molecule has 1 saturated heterocycles. The third-order valence-electron chi connectivity index (χ3n) is 2.74. The van der Waals surface area contributed by atoms with E-state index in [9.17, 15) is 9.32 Å². The second-order valence-corrected chi connectivity index (χ2v) is 5.65. The molecule has 2 heterocycles. The van der Waals surface area contributed by atoms with Crippen LogP contribution < -0.4 is 4.90 Å². The van der Waals surface area contributed by atoms with Crippen LogP contribution in [0.4, 0.5) is 5.69 Å². The first-order valence-electron chi connectivity index (χ1n) is 5.41. The molecule has 0 saturated carbocycles. The lowest BCUT2D eigenvalue weighted by atomic mass is 10.2. The Kier molecular flexibility index (Phi) is 3.56. The van der Waals surface area contributed by atoms with Gasteiger partial charge in [0.1, 0.15) is 0 Å². The highest BCUT2D eigenvalue weighted by atomic mass is 32.2. The van der Waals surface area contributed by atoms with Crippen LogP contribution in [0.1, 0.15) is 18.7 Å². The van der Waals surface area contributed by atoms with Crippen molar-refractivity contribution < 1.29 is 9.32 Å². The molecule has 0 aromatic carbocycles. The zero-order chi connectivity index (χ0) is 11.5. The molecule has 0 spiro atoms. The van der Waals surface area contributed by atoms with Gasteiger partial charge in [0.25, 0.3) is 0 Å². The molecule has 2 rings (SSSR count). The first-order valence-corrected chi connectivity index (χ1v) is 6.89. The van der Waals surface area contributed by atoms with Gasteiger partial charge in [0.2, 0.25) is 0 Å². The van der Waals surface area contributed by atoms with E-state index in [1.807, 2.05) is 12.1 Å². The highest BCUT2D eigenvalue weighted by Gasteiger charge is 2.15. The van der Waals surface area contributed by atoms with Crippen molar-refractivity contribution in [1.82, 2.24) is 4.98 Å². The Morgan fingerprint density at radius 3 is 2.62 bits per heavy atom. The minimum Gasteiger partial charge on any atom is -0.387 e. The average molecular weight is 240 g/mol. The molecular weight excluding hydrogens is 224 g/mol. The van der Waals surface area contributed by atoms with E-state index in [1.54, 1.807) is 13.1 Å². The van der Waals surface area contributed by atoms with Gasteiger partial charge in [-0.1, -0.05) is 0 Å². The number of pyridine rings is 1. The summed E-state index contributed by atoms with van der Waals surface area (Å²) in [5.41, 5.74) is 1.73. The molecule has 1 N–H and O–H groups in total. The molecule has 0 amide bonds. The third-order valence-corrected chi connectivity index (χ3v) is 4.02. The molecule has 0 aliphatic carbocycles. The summed E-state index contributed by atoms with van der Waals surface area (Å²) in [7, 11) is -0.648. The van der Waals surface area contributed by atoms with E-state index in [1.165, 1.54) is 0 Å². The van der Waals surface area contributed by atoms with Crippen molar-refractivity contribution in [3.8, 4) is 0 Å². The Labute approximate surface area is 97.8 Å². The van der Waals surface area contributed by atoms with Gasteiger partial charge in [-0.05, 0) is 19.1 Å². The van der Waals surface area contributed by atoms with E-state index in [0.717, 1.165) is 30.3 Å². The van der Waals surface area contributed by atoms with Crippen LogP contribution in [0, 0.1) is 0 Å². The van der Waals surface area contributed by atoms with E-state index >= 15 is 0 Å². The first-order chi connectivity index (χ1) is 7.66. The second-order valence-electron chi connectivity index (χ2n) is 3.95. The summed E-state index contributed by atoms with van der Waals surface area (Å²) >= 11 is 0. The number of hydrogen-bond donors (Lipinski definition) is 1. The van der Waals surface area contributed by atoms with Crippen LogP contribution in [0.15, 0.2) is 18.3 Å². The Bertz CT molecular complexity index is 368. The van der Waals surface area contributed by atoms with Gasteiger partial charge >= 0.3 is 0 Å². The molecule has 4 nitrogen and oxygen atoms in total. The minimum atomic E-state index is -0.648. The normalized spacial score (nSPS) is 19.8. The topological polar surface area (TPSA) is 53.4 Å². The fraction of sp³-hybridized carbons (Fsp3) is 0.545. The van der Waals surface area contributed by atoms with Gasteiger partial charge in [-0.2, -0.15) is 0 Å². The molecule has 1 aliphatic rings. The van der Waals surface area contributed by atoms with Crippen molar-refractivity contribution in [3.63, 3.8) is 0 Å². The number of aliphatic hydroxyl groups excluding tert-OH is 1. The SMILES string of the molecule is C[C@@H](O)c1ccc(N2CCS(=O)CC2)cn1. The molecule has 5 heteroatoms. The molecule has 0 radical (unpaired) electrons.